The Morgan fingerprint density at radius 1 is 1.13 bits per heavy atom. The van der Waals surface area contributed by atoms with Crippen LogP contribution >= 0.6 is 12.4 Å². The van der Waals surface area contributed by atoms with E-state index < -0.39 is 0 Å². The van der Waals surface area contributed by atoms with Gasteiger partial charge in [-0.1, -0.05) is 32.0 Å². The number of hydrogen-bond donors (Lipinski definition) is 0. The molecule has 0 radical (unpaired) electrons. The predicted molar refractivity (Wildman–Crippen MR) is 66.7 cm³/mol. The molecule has 2 nitrogen and oxygen atoms in total. The molecule has 0 N–H and O–H groups in total. The van der Waals surface area contributed by atoms with Gasteiger partial charge in [0.25, 0.3) is 0 Å². The van der Waals surface area contributed by atoms with Crippen molar-refractivity contribution in [2.75, 3.05) is 13.1 Å². The molecule has 3 heteroatoms. The zero-order chi connectivity index (χ0) is 10.4. The Morgan fingerprint density at radius 2 is 1.67 bits per heavy atom. The summed E-state index contributed by atoms with van der Waals surface area (Å²) in [4.78, 5) is 2.27. The van der Waals surface area contributed by atoms with Crippen LogP contribution in [0.3, 0.4) is 0 Å². The van der Waals surface area contributed by atoms with Gasteiger partial charge in [-0.05, 0) is 32.1 Å². The fraction of sp³-hybridized carbons (Fsp3) is 0.500. The zero-order valence-corrected chi connectivity index (χ0v) is 10.5. The smallest absolute Gasteiger partial charge is 0.149 e. The molecule has 0 spiro atoms. The topological polar surface area (TPSA) is 12.5 Å². The van der Waals surface area contributed by atoms with Gasteiger partial charge in [-0.3, -0.25) is 4.90 Å². The summed E-state index contributed by atoms with van der Waals surface area (Å²) < 4.78 is 5.78. The van der Waals surface area contributed by atoms with Crippen LogP contribution in [0.25, 0.3) is 0 Å². The zero-order valence-electron chi connectivity index (χ0n) is 9.64. The van der Waals surface area contributed by atoms with Gasteiger partial charge >= 0.3 is 0 Å². The Hall–Kier alpha value is -0.730. The molecule has 0 heterocycles. The summed E-state index contributed by atoms with van der Waals surface area (Å²) in [5.41, 5.74) is 0. The quantitative estimate of drug-likeness (QED) is 0.720. The number of benzene rings is 1. The molecule has 0 aromatic heterocycles. The van der Waals surface area contributed by atoms with Crippen LogP contribution in [0.5, 0.6) is 5.75 Å². The van der Waals surface area contributed by atoms with E-state index in [0.29, 0.717) is 0 Å². The maximum atomic E-state index is 5.78. The van der Waals surface area contributed by atoms with Crippen LogP contribution < -0.4 is 4.74 Å². The molecule has 0 aliphatic rings. The van der Waals surface area contributed by atoms with E-state index in [2.05, 4.69) is 25.7 Å². The normalized spacial score (nSPS) is 12.0. The molecule has 1 unspecified atom stereocenters. The SMILES string of the molecule is CCN(CC)C(C)Oc1ccccc1.Cl. The third-order valence-electron chi connectivity index (χ3n) is 2.38. The highest BCUT2D eigenvalue weighted by Crippen LogP contribution is 2.12. The lowest BCUT2D eigenvalue weighted by Crippen LogP contribution is -2.36. The van der Waals surface area contributed by atoms with Gasteiger partial charge in [0.2, 0.25) is 0 Å². The largest absolute Gasteiger partial charge is 0.475 e. The van der Waals surface area contributed by atoms with Gasteiger partial charge in [0.05, 0.1) is 0 Å². The molecule has 0 bridgehead atoms. The van der Waals surface area contributed by atoms with Gasteiger partial charge in [-0.25, -0.2) is 0 Å². The Kier molecular flexibility index (Phi) is 7.18. The van der Waals surface area contributed by atoms with Crippen LogP contribution in [0.1, 0.15) is 20.8 Å². The van der Waals surface area contributed by atoms with Gasteiger partial charge in [-0.15, -0.1) is 12.4 Å². The maximum Gasteiger partial charge on any atom is 0.149 e. The van der Waals surface area contributed by atoms with E-state index in [1.807, 2.05) is 30.3 Å². The van der Waals surface area contributed by atoms with E-state index in [9.17, 15) is 0 Å². The highest BCUT2D eigenvalue weighted by Gasteiger charge is 2.10. The fourth-order valence-electron chi connectivity index (χ4n) is 1.51. The van der Waals surface area contributed by atoms with Gasteiger partial charge in [-0.2, -0.15) is 0 Å². The van der Waals surface area contributed by atoms with Gasteiger partial charge in [0.15, 0.2) is 0 Å². The van der Waals surface area contributed by atoms with Gasteiger partial charge < -0.3 is 4.74 Å². The number of halogens is 1. The molecule has 0 saturated carbocycles. The Bertz CT molecular complexity index is 249. The summed E-state index contributed by atoms with van der Waals surface area (Å²) in [6, 6.07) is 9.95. The molecule has 0 saturated heterocycles. The molecule has 1 aromatic rings. The van der Waals surface area contributed by atoms with Crippen molar-refractivity contribution in [1.29, 1.82) is 0 Å². The number of ether oxygens (including phenoxy) is 1. The van der Waals surface area contributed by atoms with Crippen molar-refractivity contribution in [3.8, 4) is 5.75 Å². The summed E-state index contributed by atoms with van der Waals surface area (Å²) in [7, 11) is 0. The van der Waals surface area contributed by atoms with E-state index in [1.54, 1.807) is 0 Å². The third kappa shape index (κ3) is 4.54. The first kappa shape index (κ1) is 14.3. The molecule has 1 aromatic carbocycles. The Morgan fingerprint density at radius 3 is 2.13 bits per heavy atom. The highest BCUT2D eigenvalue weighted by atomic mass is 35.5. The molecule has 86 valence electrons. The summed E-state index contributed by atoms with van der Waals surface area (Å²) in [6.07, 6.45) is 0.146. The van der Waals surface area contributed by atoms with Crippen LogP contribution in [-0.4, -0.2) is 24.2 Å². The van der Waals surface area contributed by atoms with Gasteiger partial charge in [0.1, 0.15) is 12.0 Å². The Labute approximate surface area is 98.6 Å². The van der Waals surface area contributed by atoms with Crippen molar-refractivity contribution >= 4 is 12.4 Å². The molecule has 15 heavy (non-hydrogen) atoms. The second-order valence-electron chi connectivity index (χ2n) is 3.25. The number of para-hydroxylation sites is 1. The maximum absolute atomic E-state index is 5.78. The van der Waals surface area contributed by atoms with E-state index in [-0.39, 0.29) is 18.6 Å². The van der Waals surface area contributed by atoms with Crippen LogP contribution in [0.2, 0.25) is 0 Å². The van der Waals surface area contributed by atoms with E-state index in [1.165, 1.54) is 0 Å². The summed E-state index contributed by atoms with van der Waals surface area (Å²) in [6.45, 7) is 8.41. The van der Waals surface area contributed by atoms with Crippen molar-refractivity contribution in [1.82, 2.24) is 4.90 Å². The van der Waals surface area contributed by atoms with Crippen LogP contribution in [0.15, 0.2) is 30.3 Å². The van der Waals surface area contributed by atoms with Crippen molar-refractivity contribution in [2.24, 2.45) is 0 Å². The number of nitrogens with zero attached hydrogens (tertiary/aromatic N) is 1. The molecule has 0 amide bonds. The standard InChI is InChI=1S/C12H19NO.ClH/c1-4-13(5-2)11(3)14-12-9-7-6-8-10-12;/h6-11H,4-5H2,1-3H3;1H. The average molecular weight is 230 g/mol. The Balaban J connectivity index is 0.00000196. The lowest BCUT2D eigenvalue weighted by molar-refractivity contribution is 0.0481. The van der Waals surface area contributed by atoms with Crippen LogP contribution in [0.4, 0.5) is 0 Å². The van der Waals surface area contributed by atoms with Gasteiger partial charge in [0, 0.05) is 0 Å². The van der Waals surface area contributed by atoms with E-state index in [0.717, 1.165) is 18.8 Å². The first-order valence-corrected chi connectivity index (χ1v) is 5.23. The lowest BCUT2D eigenvalue weighted by Gasteiger charge is -2.26. The first-order chi connectivity index (χ1) is 6.77. The minimum Gasteiger partial charge on any atom is -0.475 e. The van der Waals surface area contributed by atoms with Crippen molar-refractivity contribution < 1.29 is 4.74 Å². The number of rotatable bonds is 5. The molecular formula is C12H20ClNO. The van der Waals surface area contributed by atoms with Crippen LogP contribution in [0, 0.1) is 0 Å². The number of hydrogen-bond acceptors (Lipinski definition) is 2. The fourth-order valence-corrected chi connectivity index (χ4v) is 1.51. The summed E-state index contributed by atoms with van der Waals surface area (Å²) in [5.74, 6) is 0.937. The molecule has 0 aliphatic heterocycles. The second-order valence-corrected chi connectivity index (χ2v) is 3.25. The molecule has 1 atom stereocenters. The van der Waals surface area contributed by atoms with Crippen molar-refractivity contribution in [3.63, 3.8) is 0 Å². The highest BCUT2D eigenvalue weighted by molar-refractivity contribution is 5.85. The van der Waals surface area contributed by atoms with E-state index >= 15 is 0 Å². The molecule has 0 aliphatic carbocycles. The minimum absolute atomic E-state index is 0. The second kappa shape index (κ2) is 7.55. The van der Waals surface area contributed by atoms with E-state index in [4.69, 9.17) is 4.74 Å². The predicted octanol–water partition coefficient (Wildman–Crippen LogP) is 3.18. The lowest BCUT2D eigenvalue weighted by atomic mass is 10.3. The van der Waals surface area contributed by atoms with Crippen LogP contribution in [-0.2, 0) is 0 Å². The minimum atomic E-state index is 0. The summed E-state index contributed by atoms with van der Waals surface area (Å²) >= 11 is 0. The third-order valence-corrected chi connectivity index (χ3v) is 2.38. The average Bonchev–Trinajstić information content (AvgIpc) is 2.21. The van der Waals surface area contributed by atoms with Crippen molar-refractivity contribution in [3.05, 3.63) is 30.3 Å². The summed E-state index contributed by atoms with van der Waals surface area (Å²) in [5, 5.41) is 0. The molecular weight excluding hydrogens is 210 g/mol. The molecule has 0 fully saturated rings. The monoisotopic (exact) mass is 229 g/mol. The van der Waals surface area contributed by atoms with Crippen molar-refractivity contribution in [2.45, 2.75) is 27.0 Å². The first-order valence-electron chi connectivity index (χ1n) is 5.23. The molecule has 1 rings (SSSR count).